The molecule has 0 fully saturated rings. The molecule has 0 bridgehead atoms. The maximum atomic E-state index is 8.95. The molecule has 1 aromatic carbocycles. The molecule has 0 spiro atoms. The molecule has 6 nitrogen and oxygen atoms in total. The summed E-state index contributed by atoms with van der Waals surface area (Å²) in [5, 5.41) is 23.1. The van der Waals surface area contributed by atoms with E-state index in [-0.39, 0.29) is 0 Å². The molecule has 1 heterocycles. The second kappa shape index (κ2) is 6.37. The fraction of sp³-hybridized carbons (Fsp3) is 0.273. The van der Waals surface area contributed by atoms with Crippen LogP contribution in [0.4, 0.5) is 0 Å². The van der Waals surface area contributed by atoms with E-state index in [1.165, 1.54) is 4.68 Å². The van der Waals surface area contributed by atoms with Gasteiger partial charge in [-0.3, -0.25) is 0 Å². The summed E-state index contributed by atoms with van der Waals surface area (Å²) in [5.74, 6) is 0.866. The Kier molecular flexibility index (Phi) is 4.80. The first-order valence-electron chi connectivity index (χ1n) is 5.36. The molecule has 0 unspecified atom stereocenters. The fourth-order valence-electron chi connectivity index (χ4n) is 1.24. The molecule has 0 aliphatic heterocycles. The van der Waals surface area contributed by atoms with Crippen molar-refractivity contribution in [2.24, 2.45) is 5.16 Å². The number of oxime groups is 1. The van der Waals surface area contributed by atoms with E-state index in [0.29, 0.717) is 11.7 Å². The highest BCUT2D eigenvalue weighted by Gasteiger charge is 2.10. The largest absolute Gasteiger partial charge is 0.409 e. The summed E-state index contributed by atoms with van der Waals surface area (Å²) in [5.41, 5.74) is 0.746. The average molecular weight is 233 g/mol. The second-order valence-electron chi connectivity index (χ2n) is 2.93. The zero-order chi connectivity index (χ0) is 12.7. The summed E-state index contributed by atoms with van der Waals surface area (Å²) in [7, 11) is 0. The molecular formula is C11H15N5O. The van der Waals surface area contributed by atoms with Crippen LogP contribution in [0.3, 0.4) is 0 Å². The predicted octanol–water partition coefficient (Wildman–Crippen LogP) is 1.69. The normalized spacial score (nSPS) is 10.6. The van der Waals surface area contributed by atoms with Crippen LogP contribution in [-0.4, -0.2) is 31.3 Å². The lowest BCUT2D eigenvalue weighted by atomic mass is 10.2. The molecule has 17 heavy (non-hydrogen) atoms. The van der Waals surface area contributed by atoms with Crippen molar-refractivity contribution in [1.82, 2.24) is 20.2 Å². The van der Waals surface area contributed by atoms with Crippen LogP contribution >= 0.6 is 0 Å². The molecule has 2 aromatic rings. The minimum Gasteiger partial charge on any atom is -0.409 e. The standard InChI is InChI=1S/C9H9N5O.C2H6/c1-7-10-12-13-14(7)9(11-15)8-5-3-2-4-6-8;1-2/h2-6,15H,1H3;1-2H3. The summed E-state index contributed by atoms with van der Waals surface area (Å²) in [6.07, 6.45) is 0. The van der Waals surface area contributed by atoms with Crippen LogP contribution in [0.25, 0.3) is 0 Å². The van der Waals surface area contributed by atoms with Gasteiger partial charge in [-0.1, -0.05) is 49.3 Å². The van der Waals surface area contributed by atoms with E-state index >= 15 is 0 Å². The van der Waals surface area contributed by atoms with Gasteiger partial charge in [0.05, 0.1) is 0 Å². The molecule has 0 saturated carbocycles. The number of rotatable bonds is 1. The number of nitrogens with zero attached hydrogens (tertiary/aromatic N) is 5. The summed E-state index contributed by atoms with van der Waals surface area (Å²) < 4.78 is 1.37. The molecule has 0 atom stereocenters. The predicted molar refractivity (Wildman–Crippen MR) is 64.1 cm³/mol. The molecule has 6 heteroatoms. The average Bonchev–Trinajstić information content (AvgIpc) is 2.81. The lowest BCUT2D eigenvalue weighted by Crippen LogP contribution is -2.16. The Morgan fingerprint density at radius 1 is 1.24 bits per heavy atom. The van der Waals surface area contributed by atoms with Crippen LogP contribution < -0.4 is 0 Å². The van der Waals surface area contributed by atoms with Gasteiger partial charge in [-0.25, -0.2) is 0 Å². The van der Waals surface area contributed by atoms with Crippen molar-refractivity contribution in [2.45, 2.75) is 20.8 Å². The Morgan fingerprint density at radius 2 is 1.88 bits per heavy atom. The topological polar surface area (TPSA) is 76.2 Å². The van der Waals surface area contributed by atoms with Crippen LogP contribution in [0.2, 0.25) is 0 Å². The van der Waals surface area contributed by atoms with Gasteiger partial charge in [0.2, 0.25) is 5.84 Å². The number of hydrogen-bond donors (Lipinski definition) is 1. The number of hydrogen-bond acceptors (Lipinski definition) is 5. The summed E-state index contributed by atoms with van der Waals surface area (Å²) in [4.78, 5) is 0. The van der Waals surface area contributed by atoms with E-state index in [1.807, 2.05) is 44.2 Å². The van der Waals surface area contributed by atoms with E-state index in [1.54, 1.807) is 6.92 Å². The van der Waals surface area contributed by atoms with Gasteiger partial charge in [-0.05, 0) is 17.4 Å². The highest BCUT2D eigenvalue weighted by Crippen LogP contribution is 2.03. The Labute approximate surface area is 99.6 Å². The molecule has 1 N–H and O–H groups in total. The Hall–Kier alpha value is -2.24. The van der Waals surface area contributed by atoms with E-state index in [0.717, 1.165) is 5.56 Å². The van der Waals surface area contributed by atoms with Crippen LogP contribution in [0.15, 0.2) is 35.5 Å². The van der Waals surface area contributed by atoms with Gasteiger partial charge in [0.25, 0.3) is 0 Å². The van der Waals surface area contributed by atoms with Crippen molar-refractivity contribution >= 4 is 5.84 Å². The van der Waals surface area contributed by atoms with E-state index in [4.69, 9.17) is 5.21 Å². The lowest BCUT2D eigenvalue weighted by molar-refractivity contribution is 0.316. The highest BCUT2D eigenvalue weighted by molar-refractivity contribution is 5.99. The molecule has 90 valence electrons. The summed E-state index contributed by atoms with van der Waals surface area (Å²) in [6, 6.07) is 9.21. The van der Waals surface area contributed by atoms with Gasteiger partial charge in [0, 0.05) is 5.56 Å². The Bertz CT molecular complexity index is 478. The quantitative estimate of drug-likeness (QED) is 0.352. The highest BCUT2D eigenvalue weighted by atomic mass is 16.4. The second-order valence-corrected chi connectivity index (χ2v) is 2.93. The molecule has 0 amide bonds. The Balaban J connectivity index is 0.000000686. The molecule has 2 rings (SSSR count). The van der Waals surface area contributed by atoms with Gasteiger partial charge in [0.15, 0.2) is 5.82 Å². The first-order valence-corrected chi connectivity index (χ1v) is 5.36. The third-order valence-electron chi connectivity index (χ3n) is 1.95. The minimum atomic E-state index is 0.304. The van der Waals surface area contributed by atoms with Crippen molar-refractivity contribution in [1.29, 1.82) is 0 Å². The Morgan fingerprint density at radius 3 is 2.35 bits per heavy atom. The van der Waals surface area contributed by atoms with Crippen molar-refractivity contribution in [3.63, 3.8) is 0 Å². The van der Waals surface area contributed by atoms with E-state index in [2.05, 4.69) is 20.7 Å². The van der Waals surface area contributed by atoms with Crippen molar-refractivity contribution < 1.29 is 5.21 Å². The lowest BCUT2D eigenvalue weighted by Gasteiger charge is -2.03. The number of benzene rings is 1. The van der Waals surface area contributed by atoms with Crippen molar-refractivity contribution in [3.8, 4) is 0 Å². The first kappa shape index (κ1) is 12.8. The maximum Gasteiger partial charge on any atom is 0.203 e. The van der Waals surface area contributed by atoms with Crippen LogP contribution in [-0.2, 0) is 0 Å². The molecule has 0 aliphatic rings. The molecule has 0 aliphatic carbocycles. The molecule has 1 aromatic heterocycles. The first-order chi connectivity index (χ1) is 8.33. The minimum absolute atomic E-state index is 0.304. The van der Waals surface area contributed by atoms with Crippen LogP contribution in [0.5, 0.6) is 0 Å². The third-order valence-corrected chi connectivity index (χ3v) is 1.95. The van der Waals surface area contributed by atoms with E-state index in [9.17, 15) is 0 Å². The number of tetrazole rings is 1. The monoisotopic (exact) mass is 233 g/mol. The molecule has 0 radical (unpaired) electrons. The van der Waals surface area contributed by atoms with Gasteiger partial charge >= 0.3 is 0 Å². The van der Waals surface area contributed by atoms with Gasteiger partial charge in [0.1, 0.15) is 0 Å². The molecular weight excluding hydrogens is 218 g/mol. The van der Waals surface area contributed by atoms with Gasteiger partial charge in [-0.2, -0.15) is 4.68 Å². The SMILES string of the molecule is CC.Cc1nnnn1C(=NO)c1ccccc1. The van der Waals surface area contributed by atoms with Crippen molar-refractivity contribution in [2.75, 3.05) is 0 Å². The number of aryl methyl sites for hydroxylation is 1. The van der Waals surface area contributed by atoms with Gasteiger partial charge < -0.3 is 5.21 Å². The summed E-state index contributed by atoms with van der Waals surface area (Å²) in [6.45, 7) is 5.73. The molecule has 0 saturated heterocycles. The van der Waals surface area contributed by atoms with E-state index < -0.39 is 0 Å². The third kappa shape index (κ3) is 2.87. The maximum absolute atomic E-state index is 8.95. The van der Waals surface area contributed by atoms with Crippen LogP contribution in [0, 0.1) is 6.92 Å². The van der Waals surface area contributed by atoms with Crippen LogP contribution in [0.1, 0.15) is 25.2 Å². The summed E-state index contributed by atoms with van der Waals surface area (Å²) >= 11 is 0. The van der Waals surface area contributed by atoms with Crippen molar-refractivity contribution in [3.05, 3.63) is 41.7 Å². The zero-order valence-electron chi connectivity index (χ0n) is 10.1. The van der Waals surface area contributed by atoms with Gasteiger partial charge in [-0.15, -0.1) is 5.10 Å². The smallest absolute Gasteiger partial charge is 0.203 e. The zero-order valence-corrected chi connectivity index (χ0v) is 10.1. The fourth-order valence-corrected chi connectivity index (χ4v) is 1.24. The number of aromatic nitrogens is 4.